The van der Waals surface area contributed by atoms with E-state index in [-0.39, 0.29) is 10.8 Å². The van der Waals surface area contributed by atoms with E-state index in [0.29, 0.717) is 17.5 Å². The quantitative estimate of drug-likeness (QED) is 0.179. The van der Waals surface area contributed by atoms with Crippen LogP contribution in [0.25, 0.3) is 83.9 Å². The number of aromatic nitrogens is 4. The smallest absolute Gasteiger partial charge is 0.164 e. The normalized spacial score (nSPS) is 14.1. The topological polar surface area (TPSA) is 43.6 Å². The Balaban J connectivity index is 1.28. The molecule has 264 valence electrons. The largest absolute Gasteiger partial charge is 0.309 e. The number of rotatable bonds is 5. The van der Waals surface area contributed by atoms with Crippen LogP contribution in [-0.2, 0) is 10.8 Å². The van der Waals surface area contributed by atoms with Crippen LogP contribution in [0.3, 0.4) is 0 Å². The highest BCUT2D eigenvalue weighted by molar-refractivity contribution is 6.17. The van der Waals surface area contributed by atoms with Crippen molar-refractivity contribution in [3.63, 3.8) is 0 Å². The average molecular weight is 709 g/mol. The maximum absolute atomic E-state index is 5.16. The first kappa shape index (κ1) is 33.0. The Bertz CT molecular complexity index is 2850. The number of para-hydroxylation sites is 1. The predicted octanol–water partition coefficient (Wildman–Crippen LogP) is 12.9. The first-order valence-corrected chi connectivity index (χ1v) is 19.0. The Morgan fingerprint density at radius 1 is 0.400 bits per heavy atom. The molecule has 7 aromatic carbocycles. The van der Waals surface area contributed by atoms with Crippen molar-refractivity contribution in [2.45, 2.75) is 38.5 Å². The fraction of sp³-hybridized carbons (Fsp3) is 0.118. The fourth-order valence-electron chi connectivity index (χ4n) is 8.66. The highest BCUT2D eigenvalue weighted by Gasteiger charge is 2.46. The number of fused-ring (bicyclic) bond motifs is 7. The standard InChI is InChI=1S/C51H40N4/c1-50(2)41-26-16-14-24-39(41)45-42(51(50,3)4)28-29-44-46(45)40-25-15-17-27-43(40)55(44)38-31-36(33-18-8-5-9-19-33)30-37(32-38)49-53-47(34-20-10-6-11-21-34)52-48(54-49)35-22-12-7-13-23-35/h5-32H,1-4H3. The van der Waals surface area contributed by atoms with Crippen LogP contribution in [0.4, 0.5) is 0 Å². The van der Waals surface area contributed by atoms with Gasteiger partial charge in [0.05, 0.1) is 11.0 Å². The third-order valence-electron chi connectivity index (χ3n) is 12.2. The van der Waals surface area contributed by atoms with E-state index in [0.717, 1.165) is 39.0 Å². The minimum atomic E-state index is -0.0971. The lowest BCUT2D eigenvalue weighted by atomic mass is 9.55. The van der Waals surface area contributed by atoms with E-state index in [1.165, 1.54) is 38.5 Å². The zero-order valence-corrected chi connectivity index (χ0v) is 31.5. The van der Waals surface area contributed by atoms with Gasteiger partial charge in [0, 0.05) is 33.2 Å². The van der Waals surface area contributed by atoms with Crippen LogP contribution in [0.15, 0.2) is 170 Å². The predicted molar refractivity (Wildman–Crippen MR) is 227 cm³/mol. The van der Waals surface area contributed by atoms with E-state index < -0.39 is 0 Å². The lowest BCUT2D eigenvalue weighted by Gasteiger charge is -2.48. The minimum absolute atomic E-state index is 0.0523. The van der Waals surface area contributed by atoms with E-state index in [2.05, 4.69) is 166 Å². The molecule has 0 saturated carbocycles. The molecule has 0 N–H and O–H groups in total. The van der Waals surface area contributed by atoms with Gasteiger partial charge in [-0.05, 0) is 74.5 Å². The molecule has 0 radical (unpaired) electrons. The SMILES string of the molecule is CC1(C)c2ccccc2-c2c(ccc3c2c2ccccc2n3-c2cc(-c3ccccc3)cc(-c3nc(-c4ccccc4)nc(-c4ccccc4)n3)c2)C1(C)C. The summed E-state index contributed by atoms with van der Waals surface area (Å²) >= 11 is 0. The number of hydrogen-bond acceptors (Lipinski definition) is 3. The molecule has 0 saturated heterocycles. The Kier molecular flexibility index (Phi) is 7.47. The van der Waals surface area contributed by atoms with Gasteiger partial charge in [-0.2, -0.15) is 0 Å². The van der Waals surface area contributed by atoms with Gasteiger partial charge in [0.15, 0.2) is 17.5 Å². The summed E-state index contributed by atoms with van der Waals surface area (Å²) in [6.07, 6.45) is 0. The molecule has 4 heteroatoms. The van der Waals surface area contributed by atoms with Gasteiger partial charge in [0.2, 0.25) is 0 Å². The van der Waals surface area contributed by atoms with Gasteiger partial charge in [0.1, 0.15) is 0 Å². The lowest BCUT2D eigenvalue weighted by molar-refractivity contribution is 0.299. The highest BCUT2D eigenvalue weighted by Crippen LogP contribution is 2.56. The zero-order valence-electron chi connectivity index (χ0n) is 31.5. The number of hydrogen-bond donors (Lipinski definition) is 0. The van der Waals surface area contributed by atoms with Crippen LogP contribution in [0.2, 0.25) is 0 Å². The van der Waals surface area contributed by atoms with E-state index in [9.17, 15) is 0 Å². The Hall–Kier alpha value is -6.65. The molecule has 4 nitrogen and oxygen atoms in total. The molecule has 0 fully saturated rings. The molecule has 10 rings (SSSR count). The summed E-state index contributed by atoms with van der Waals surface area (Å²) in [5.41, 5.74) is 13.7. The van der Waals surface area contributed by atoms with Gasteiger partial charge in [-0.15, -0.1) is 0 Å². The van der Waals surface area contributed by atoms with Crippen LogP contribution in [0, 0.1) is 0 Å². The van der Waals surface area contributed by atoms with Crippen molar-refractivity contribution >= 4 is 21.8 Å². The van der Waals surface area contributed by atoms with Crippen molar-refractivity contribution in [3.8, 4) is 62.1 Å². The third kappa shape index (κ3) is 5.16. The number of nitrogens with zero attached hydrogens (tertiary/aromatic N) is 4. The Morgan fingerprint density at radius 3 is 1.56 bits per heavy atom. The van der Waals surface area contributed by atoms with Crippen molar-refractivity contribution in [2.24, 2.45) is 0 Å². The second kappa shape index (κ2) is 12.5. The molecule has 0 spiro atoms. The lowest BCUT2D eigenvalue weighted by Crippen LogP contribution is -2.43. The van der Waals surface area contributed by atoms with Crippen LogP contribution in [0.1, 0.15) is 38.8 Å². The summed E-state index contributed by atoms with van der Waals surface area (Å²) in [6, 6.07) is 60.3. The van der Waals surface area contributed by atoms with Crippen LogP contribution >= 0.6 is 0 Å². The number of benzene rings is 7. The molecule has 0 bridgehead atoms. The molecular formula is C51H40N4. The van der Waals surface area contributed by atoms with Gasteiger partial charge in [-0.3, -0.25) is 0 Å². The van der Waals surface area contributed by atoms with Crippen LogP contribution in [-0.4, -0.2) is 19.5 Å². The summed E-state index contributed by atoms with van der Waals surface area (Å²) in [7, 11) is 0. The molecule has 0 amide bonds. The highest BCUT2D eigenvalue weighted by atomic mass is 15.0. The monoisotopic (exact) mass is 708 g/mol. The molecule has 2 heterocycles. The average Bonchev–Trinajstić information content (AvgIpc) is 3.58. The molecule has 9 aromatic rings. The molecule has 0 atom stereocenters. The molecule has 0 unspecified atom stereocenters. The van der Waals surface area contributed by atoms with Crippen molar-refractivity contribution in [2.75, 3.05) is 0 Å². The summed E-state index contributed by atoms with van der Waals surface area (Å²) in [5.74, 6) is 1.91. The first-order valence-electron chi connectivity index (χ1n) is 19.0. The summed E-state index contributed by atoms with van der Waals surface area (Å²) < 4.78 is 2.44. The maximum atomic E-state index is 5.16. The van der Waals surface area contributed by atoms with Crippen molar-refractivity contribution in [1.82, 2.24) is 19.5 Å². The minimum Gasteiger partial charge on any atom is -0.309 e. The Morgan fingerprint density at radius 2 is 0.909 bits per heavy atom. The molecule has 1 aliphatic carbocycles. The molecule has 55 heavy (non-hydrogen) atoms. The summed E-state index contributed by atoms with van der Waals surface area (Å²) in [5, 5.41) is 2.53. The second-order valence-electron chi connectivity index (χ2n) is 15.7. The summed E-state index contributed by atoms with van der Waals surface area (Å²) in [4.78, 5) is 15.3. The van der Waals surface area contributed by atoms with Gasteiger partial charge < -0.3 is 4.57 Å². The van der Waals surface area contributed by atoms with E-state index in [1.807, 2.05) is 36.4 Å². The van der Waals surface area contributed by atoms with E-state index >= 15 is 0 Å². The van der Waals surface area contributed by atoms with Crippen molar-refractivity contribution < 1.29 is 0 Å². The molecule has 1 aliphatic rings. The van der Waals surface area contributed by atoms with E-state index in [1.54, 1.807) is 0 Å². The van der Waals surface area contributed by atoms with Gasteiger partial charge in [0.25, 0.3) is 0 Å². The first-order chi connectivity index (χ1) is 26.8. The summed E-state index contributed by atoms with van der Waals surface area (Å²) in [6.45, 7) is 9.61. The van der Waals surface area contributed by atoms with Gasteiger partial charge >= 0.3 is 0 Å². The van der Waals surface area contributed by atoms with Crippen molar-refractivity contribution in [3.05, 3.63) is 181 Å². The van der Waals surface area contributed by atoms with Crippen molar-refractivity contribution in [1.29, 1.82) is 0 Å². The maximum Gasteiger partial charge on any atom is 0.164 e. The Labute approximate surface area is 321 Å². The van der Waals surface area contributed by atoms with Crippen LogP contribution < -0.4 is 0 Å². The van der Waals surface area contributed by atoms with Gasteiger partial charge in [-0.1, -0.05) is 167 Å². The molecule has 2 aromatic heterocycles. The molecular weight excluding hydrogens is 669 g/mol. The van der Waals surface area contributed by atoms with Gasteiger partial charge in [-0.25, -0.2) is 15.0 Å². The fourth-order valence-corrected chi connectivity index (χ4v) is 8.66. The van der Waals surface area contributed by atoms with Crippen LogP contribution in [0.5, 0.6) is 0 Å². The zero-order chi connectivity index (χ0) is 37.3. The second-order valence-corrected chi connectivity index (χ2v) is 15.7. The van der Waals surface area contributed by atoms with E-state index in [4.69, 9.17) is 15.0 Å². The molecule has 0 aliphatic heterocycles. The third-order valence-corrected chi connectivity index (χ3v) is 12.2.